The van der Waals surface area contributed by atoms with E-state index in [2.05, 4.69) is 25.5 Å². The maximum Gasteiger partial charge on any atom is 0.349 e. The van der Waals surface area contributed by atoms with E-state index in [4.69, 9.17) is 19.5 Å². The third-order valence-electron chi connectivity index (χ3n) is 4.54. The van der Waals surface area contributed by atoms with Crippen LogP contribution < -0.4 is 14.2 Å². The summed E-state index contributed by atoms with van der Waals surface area (Å²) in [6, 6.07) is 12.2. The molecule has 0 spiro atoms. The standard InChI is InChI=1S/C25H27NO6/c1-16-7-9-20(19(11-16)25(2,3)4)31-15-23(27)32-21-10-8-17(13-22(21)29-5)12-18(14-26)24(28)30-6/h7-13H,15H2,1-6H3/b18-12+. The van der Waals surface area contributed by atoms with Gasteiger partial charge in [0.2, 0.25) is 0 Å². The van der Waals surface area contributed by atoms with E-state index in [0.29, 0.717) is 11.3 Å². The number of nitriles is 1. The molecule has 0 aliphatic heterocycles. The van der Waals surface area contributed by atoms with Gasteiger partial charge in [-0.15, -0.1) is 0 Å². The quantitative estimate of drug-likeness (QED) is 0.275. The van der Waals surface area contributed by atoms with E-state index in [-0.39, 0.29) is 29.1 Å². The molecule has 0 unspecified atom stereocenters. The Hall–Kier alpha value is -3.79. The Morgan fingerprint density at radius 2 is 1.72 bits per heavy atom. The summed E-state index contributed by atoms with van der Waals surface area (Å²) in [7, 11) is 2.61. The second-order valence-corrected chi connectivity index (χ2v) is 8.08. The first-order chi connectivity index (χ1) is 15.1. The summed E-state index contributed by atoms with van der Waals surface area (Å²) in [5.74, 6) is -0.266. The number of methoxy groups -OCH3 is 2. The van der Waals surface area contributed by atoms with E-state index in [0.717, 1.165) is 11.1 Å². The number of hydrogen-bond acceptors (Lipinski definition) is 7. The molecular formula is C25H27NO6. The molecule has 0 amide bonds. The first-order valence-corrected chi connectivity index (χ1v) is 9.91. The van der Waals surface area contributed by atoms with Gasteiger partial charge >= 0.3 is 11.9 Å². The molecule has 0 aliphatic carbocycles. The summed E-state index contributed by atoms with van der Waals surface area (Å²) < 4.78 is 21.0. The van der Waals surface area contributed by atoms with Crippen molar-refractivity contribution in [3.05, 3.63) is 58.7 Å². The van der Waals surface area contributed by atoms with Gasteiger partial charge in [-0.2, -0.15) is 5.26 Å². The van der Waals surface area contributed by atoms with Crippen LogP contribution in [0.5, 0.6) is 17.2 Å². The van der Waals surface area contributed by atoms with Gasteiger partial charge in [-0.3, -0.25) is 0 Å². The zero-order valence-corrected chi connectivity index (χ0v) is 19.1. The molecule has 7 nitrogen and oxygen atoms in total. The molecule has 0 aromatic heterocycles. The summed E-state index contributed by atoms with van der Waals surface area (Å²) in [4.78, 5) is 24.0. The van der Waals surface area contributed by atoms with Gasteiger partial charge in [-0.25, -0.2) is 9.59 Å². The van der Waals surface area contributed by atoms with E-state index in [1.165, 1.54) is 26.4 Å². The first-order valence-electron chi connectivity index (χ1n) is 9.91. The maximum atomic E-state index is 12.4. The molecule has 2 aromatic rings. The van der Waals surface area contributed by atoms with Crippen molar-refractivity contribution in [3.8, 4) is 23.3 Å². The smallest absolute Gasteiger partial charge is 0.349 e. The van der Waals surface area contributed by atoms with Crippen molar-refractivity contribution in [2.75, 3.05) is 20.8 Å². The van der Waals surface area contributed by atoms with Crippen LogP contribution in [-0.4, -0.2) is 32.8 Å². The number of aryl methyl sites for hydroxylation is 1. The lowest BCUT2D eigenvalue weighted by Gasteiger charge is -2.23. The predicted octanol–water partition coefficient (Wildman–Crippen LogP) is 4.37. The third-order valence-corrected chi connectivity index (χ3v) is 4.54. The van der Waals surface area contributed by atoms with Gasteiger partial charge < -0.3 is 18.9 Å². The predicted molar refractivity (Wildman–Crippen MR) is 120 cm³/mol. The summed E-state index contributed by atoms with van der Waals surface area (Å²) in [5.41, 5.74) is 2.30. The van der Waals surface area contributed by atoms with Crippen molar-refractivity contribution in [2.45, 2.75) is 33.1 Å². The van der Waals surface area contributed by atoms with Gasteiger partial charge in [0.05, 0.1) is 14.2 Å². The molecule has 168 valence electrons. The summed E-state index contributed by atoms with van der Waals surface area (Å²) in [5, 5.41) is 9.09. The van der Waals surface area contributed by atoms with E-state index in [1.54, 1.807) is 18.2 Å². The van der Waals surface area contributed by atoms with Gasteiger partial charge in [0.25, 0.3) is 0 Å². The Balaban J connectivity index is 2.15. The zero-order chi connectivity index (χ0) is 23.9. The van der Waals surface area contributed by atoms with Crippen LogP contribution in [-0.2, 0) is 19.7 Å². The number of carbonyl (C=O) groups excluding carboxylic acids is 2. The van der Waals surface area contributed by atoms with E-state index < -0.39 is 11.9 Å². The number of nitrogens with zero attached hydrogens (tertiary/aromatic N) is 1. The molecule has 0 radical (unpaired) electrons. The van der Waals surface area contributed by atoms with Crippen LogP contribution in [0.4, 0.5) is 0 Å². The molecule has 32 heavy (non-hydrogen) atoms. The molecule has 2 rings (SSSR count). The van der Waals surface area contributed by atoms with Crippen molar-refractivity contribution in [1.29, 1.82) is 5.26 Å². The lowest BCUT2D eigenvalue weighted by Crippen LogP contribution is -2.20. The molecule has 0 N–H and O–H groups in total. The lowest BCUT2D eigenvalue weighted by molar-refractivity contribution is -0.137. The number of rotatable bonds is 7. The van der Waals surface area contributed by atoms with Gasteiger partial charge in [-0.05, 0) is 47.7 Å². The normalized spacial score (nSPS) is 11.3. The van der Waals surface area contributed by atoms with E-state index in [9.17, 15) is 9.59 Å². The van der Waals surface area contributed by atoms with Crippen LogP contribution in [0.15, 0.2) is 42.0 Å². The molecule has 0 atom stereocenters. The van der Waals surface area contributed by atoms with Crippen LogP contribution in [0.25, 0.3) is 6.08 Å². The third kappa shape index (κ3) is 6.35. The van der Waals surface area contributed by atoms with E-state index >= 15 is 0 Å². The Morgan fingerprint density at radius 1 is 1.03 bits per heavy atom. The number of carbonyl (C=O) groups is 2. The first kappa shape index (κ1) is 24.5. The van der Waals surface area contributed by atoms with Gasteiger partial charge in [0.1, 0.15) is 17.4 Å². The topological polar surface area (TPSA) is 94.9 Å². The second-order valence-electron chi connectivity index (χ2n) is 8.08. The Labute approximate surface area is 188 Å². The van der Waals surface area contributed by atoms with E-state index in [1.807, 2.05) is 25.1 Å². The molecule has 0 fully saturated rings. The van der Waals surface area contributed by atoms with Crippen molar-refractivity contribution in [3.63, 3.8) is 0 Å². The molecule has 0 saturated heterocycles. The molecule has 0 saturated carbocycles. The van der Waals surface area contributed by atoms with Crippen LogP contribution >= 0.6 is 0 Å². The molecule has 7 heteroatoms. The largest absolute Gasteiger partial charge is 0.493 e. The van der Waals surface area contributed by atoms with Crippen LogP contribution in [0.1, 0.15) is 37.5 Å². The van der Waals surface area contributed by atoms with Crippen LogP contribution in [0, 0.1) is 18.3 Å². The summed E-state index contributed by atoms with van der Waals surface area (Å²) >= 11 is 0. The lowest BCUT2D eigenvalue weighted by atomic mass is 9.85. The highest BCUT2D eigenvalue weighted by molar-refractivity contribution is 5.97. The SMILES string of the molecule is COC(=O)/C(C#N)=C/c1ccc(OC(=O)COc2ccc(C)cc2C(C)(C)C)c(OC)c1. The van der Waals surface area contributed by atoms with Crippen molar-refractivity contribution in [2.24, 2.45) is 0 Å². The van der Waals surface area contributed by atoms with Gasteiger partial charge in [0.15, 0.2) is 18.1 Å². The highest BCUT2D eigenvalue weighted by Crippen LogP contribution is 2.33. The molecule has 0 heterocycles. The minimum Gasteiger partial charge on any atom is -0.493 e. The monoisotopic (exact) mass is 437 g/mol. The summed E-state index contributed by atoms with van der Waals surface area (Å²) in [6.07, 6.45) is 1.36. The van der Waals surface area contributed by atoms with Crippen LogP contribution in [0.3, 0.4) is 0 Å². The fourth-order valence-corrected chi connectivity index (χ4v) is 2.92. The zero-order valence-electron chi connectivity index (χ0n) is 19.1. The maximum absolute atomic E-state index is 12.4. The molecule has 2 aromatic carbocycles. The van der Waals surface area contributed by atoms with Gasteiger partial charge in [-0.1, -0.05) is 44.5 Å². The minimum atomic E-state index is -0.746. The number of benzene rings is 2. The van der Waals surface area contributed by atoms with Crippen LogP contribution in [0.2, 0.25) is 0 Å². The molecular weight excluding hydrogens is 410 g/mol. The average molecular weight is 437 g/mol. The van der Waals surface area contributed by atoms with Crippen molar-refractivity contribution >= 4 is 18.0 Å². The highest BCUT2D eigenvalue weighted by Gasteiger charge is 2.20. The molecule has 0 aliphatic rings. The highest BCUT2D eigenvalue weighted by atomic mass is 16.6. The molecule has 0 bridgehead atoms. The Bertz CT molecular complexity index is 1070. The summed E-state index contributed by atoms with van der Waals surface area (Å²) in [6.45, 7) is 7.95. The number of ether oxygens (including phenoxy) is 4. The second kappa shape index (κ2) is 10.5. The Kier molecular flexibility index (Phi) is 8.03. The number of esters is 2. The fourth-order valence-electron chi connectivity index (χ4n) is 2.92. The van der Waals surface area contributed by atoms with Crippen molar-refractivity contribution in [1.82, 2.24) is 0 Å². The Morgan fingerprint density at radius 3 is 2.31 bits per heavy atom. The average Bonchev–Trinajstić information content (AvgIpc) is 2.76. The van der Waals surface area contributed by atoms with Gasteiger partial charge in [0, 0.05) is 0 Å². The minimum absolute atomic E-state index is 0.149. The number of hydrogen-bond donors (Lipinski definition) is 0. The fraction of sp³-hybridized carbons (Fsp3) is 0.320. The van der Waals surface area contributed by atoms with Crippen molar-refractivity contribution < 1.29 is 28.5 Å².